The number of hydrogen-bond donors (Lipinski definition) is 2. The summed E-state index contributed by atoms with van der Waals surface area (Å²) in [5, 5.41) is 3.52. The van der Waals surface area contributed by atoms with Gasteiger partial charge >= 0.3 is 0 Å². The fraction of sp³-hybridized carbons (Fsp3) is 0.680. The number of halogens is 1. The van der Waals surface area contributed by atoms with Crippen molar-refractivity contribution in [3.05, 3.63) is 28.8 Å². The highest BCUT2D eigenvalue weighted by Crippen LogP contribution is 2.52. The Hall–Kier alpha value is -1.83. The number of nitrogens with one attached hydrogen (secondary N) is 1. The molecule has 6 atom stereocenters. The first-order valence-electron chi connectivity index (χ1n) is 12.0. The zero-order valence-electron chi connectivity index (χ0n) is 20.1. The molecule has 3 aliphatic heterocycles. The van der Waals surface area contributed by atoms with Gasteiger partial charge in [0.05, 0.1) is 24.3 Å². The largest absolute Gasteiger partial charge is 0.487 e. The molecule has 1 aromatic rings. The number of hydrogen-bond acceptors (Lipinski definition) is 5. The van der Waals surface area contributed by atoms with E-state index < -0.39 is 17.7 Å². The molecule has 0 unspecified atom stereocenters. The molecule has 4 rings (SSSR count). The molecule has 1 aromatic carbocycles. The lowest BCUT2D eigenvalue weighted by Crippen LogP contribution is -2.63. The topological polar surface area (TPSA) is 93.9 Å². The number of ether oxygens (including phenoxy) is 2. The fourth-order valence-corrected chi connectivity index (χ4v) is 5.69. The van der Waals surface area contributed by atoms with Gasteiger partial charge in [-0.15, -0.1) is 0 Å². The monoisotopic (exact) mass is 477 g/mol. The number of amides is 2. The maximum absolute atomic E-state index is 13.7. The van der Waals surface area contributed by atoms with Crippen LogP contribution < -0.4 is 15.8 Å². The third-order valence-corrected chi connectivity index (χ3v) is 7.61. The highest BCUT2D eigenvalue weighted by Gasteiger charge is 2.53. The van der Waals surface area contributed by atoms with Crippen LogP contribution in [0.1, 0.15) is 65.5 Å². The second-order valence-corrected chi connectivity index (χ2v) is 11.0. The highest BCUT2D eigenvalue weighted by molar-refractivity contribution is 6.30. The lowest BCUT2D eigenvalue weighted by Gasteiger charge is -2.55. The van der Waals surface area contributed by atoms with Crippen LogP contribution in [0.2, 0.25) is 5.02 Å². The molecule has 2 saturated heterocycles. The van der Waals surface area contributed by atoms with E-state index in [9.17, 15) is 9.59 Å². The van der Waals surface area contributed by atoms with E-state index in [1.54, 1.807) is 6.92 Å². The molecule has 33 heavy (non-hydrogen) atoms. The van der Waals surface area contributed by atoms with Crippen molar-refractivity contribution < 1.29 is 19.1 Å². The van der Waals surface area contributed by atoms with Gasteiger partial charge in [-0.2, -0.15) is 0 Å². The van der Waals surface area contributed by atoms with Crippen LogP contribution in [-0.2, 0) is 14.3 Å². The number of piperidine rings is 1. The first kappa shape index (κ1) is 24.3. The SMILES string of the molecule is CC(C)[C@H](NC(=O)[C@H](C)N)C(=O)N1CCC[C@@H]2O[C@@H]3c4cc(Cl)ccc4OC(C)(C)[C@H]3C[C@@H]21. The number of nitrogens with two attached hydrogens (primary N) is 1. The fourth-order valence-electron chi connectivity index (χ4n) is 5.51. The molecule has 3 aliphatic rings. The van der Waals surface area contributed by atoms with Gasteiger partial charge in [-0.1, -0.05) is 25.4 Å². The third kappa shape index (κ3) is 4.60. The molecule has 0 spiro atoms. The van der Waals surface area contributed by atoms with Crippen molar-refractivity contribution in [1.82, 2.24) is 10.2 Å². The Labute approximate surface area is 201 Å². The van der Waals surface area contributed by atoms with E-state index in [1.165, 1.54) is 0 Å². The summed E-state index contributed by atoms with van der Waals surface area (Å²) in [4.78, 5) is 27.9. The van der Waals surface area contributed by atoms with Crippen LogP contribution in [0.15, 0.2) is 18.2 Å². The van der Waals surface area contributed by atoms with Crippen molar-refractivity contribution in [2.45, 2.75) is 89.8 Å². The van der Waals surface area contributed by atoms with E-state index in [1.807, 2.05) is 36.9 Å². The summed E-state index contributed by atoms with van der Waals surface area (Å²) in [6.07, 6.45) is 2.33. The summed E-state index contributed by atoms with van der Waals surface area (Å²) in [6, 6.07) is 4.34. The van der Waals surface area contributed by atoms with Crippen molar-refractivity contribution in [2.75, 3.05) is 6.54 Å². The molecule has 3 heterocycles. The highest BCUT2D eigenvalue weighted by atomic mass is 35.5. The maximum atomic E-state index is 13.7. The van der Waals surface area contributed by atoms with Crippen molar-refractivity contribution in [2.24, 2.45) is 17.6 Å². The average molecular weight is 478 g/mol. The van der Waals surface area contributed by atoms with Crippen LogP contribution >= 0.6 is 11.6 Å². The maximum Gasteiger partial charge on any atom is 0.245 e. The van der Waals surface area contributed by atoms with Gasteiger partial charge in [0.25, 0.3) is 0 Å². The lowest BCUT2D eigenvalue weighted by atomic mass is 9.72. The number of fused-ring (bicyclic) bond motifs is 4. The first-order chi connectivity index (χ1) is 15.5. The van der Waals surface area contributed by atoms with Gasteiger partial charge in [0.1, 0.15) is 17.4 Å². The van der Waals surface area contributed by atoms with E-state index in [2.05, 4.69) is 19.2 Å². The van der Waals surface area contributed by atoms with Crippen molar-refractivity contribution >= 4 is 23.4 Å². The van der Waals surface area contributed by atoms with Gasteiger partial charge < -0.3 is 25.4 Å². The molecule has 3 N–H and O–H groups in total. The summed E-state index contributed by atoms with van der Waals surface area (Å²) in [5.74, 6) is 0.446. The van der Waals surface area contributed by atoms with Crippen LogP contribution in [0.4, 0.5) is 0 Å². The molecule has 7 nitrogen and oxygen atoms in total. The number of likely N-dealkylation sites (tertiary alicyclic amines) is 1. The van der Waals surface area contributed by atoms with Crippen LogP contribution in [0.5, 0.6) is 5.75 Å². The number of nitrogens with zero attached hydrogens (tertiary/aromatic N) is 1. The Morgan fingerprint density at radius 1 is 1.27 bits per heavy atom. The average Bonchev–Trinajstić information content (AvgIpc) is 2.75. The molecule has 0 bridgehead atoms. The van der Waals surface area contributed by atoms with Crippen LogP contribution in [-0.4, -0.2) is 53.1 Å². The van der Waals surface area contributed by atoms with Crippen molar-refractivity contribution in [1.29, 1.82) is 0 Å². The molecule has 0 aliphatic carbocycles. The first-order valence-corrected chi connectivity index (χ1v) is 12.4. The Kier molecular flexibility index (Phi) is 6.69. The van der Waals surface area contributed by atoms with Crippen LogP contribution in [0.25, 0.3) is 0 Å². The van der Waals surface area contributed by atoms with Crippen molar-refractivity contribution in [3.63, 3.8) is 0 Å². The minimum Gasteiger partial charge on any atom is -0.487 e. The van der Waals surface area contributed by atoms with E-state index in [-0.39, 0.29) is 41.9 Å². The molecular formula is C25H36ClN3O4. The Balaban J connectivity index is 1.61. The van der Waals surface area contributed by atoms with Crippen molar-refractivity contribution in [3.8, 4) is 5.75 Å². The minimum absolute atomic E-state index is 0.0543. The summed E-state index contributed by atoms with van der Waals surface area (Å²) in [6.45, 7) is 10.3. The molecular weight excluding hydrogens is 442 g/mol. The van der Waals surface area contributed by atoms with Gasteiger partial charge in [-0.3, -0.25) is 9.59 Å². The van der Waals surface area contributed by atoms with Gasteiger partial charge in [0.15, 0.2) is 0 Å². The molecule has 182 valence electrons. The number of carbonyl (C=O) groups excluding carboxylic acids is 2. The predicted molar refractivity (Wildman–Crippen MR) is 127 cm³/mol. The smallest absolute Gasteiger partial charge is 0.245 e. The summed E-state index contributed by atoms with van der Waals surface area (Å²) >= 11 is 6.30. The normalized spacial score (nSPS) is 29.8. The van der Waals surface area contributed by atoms with Gasteiger partial charge in [0, 0.05) is 23.0 Å². The number of rotatable bonds is 4. The molecule has 0 aromatic heterocycles. The van der Waals surface area contributed by atoms with Gasteiger partial charge in [-0.25, -0.2) is 0 Å². The Morgan fingerprint density at radius 2 is 2.00 bits per heavy atom. The van der Waals surface area contributed by atoms with E-state index in [0.717, 1.165) is 30.6 Å². The molecule has 2 amide bonds. The predicted octanol–water partition coefficient (Wildman–Crippen LogP) is 3.44. The summed E-state index contributed by atoms with van der Waals surface area (Å²) in [5.41, 5.74) is 6.27. The van der Waals surface area contributed by atoms with Gasteiger partial charge in [-0.05, 0) is 64.2 Å². The van der Waals surface area contributed by atoms with E-state index in [4.69, 9.17) is 26.8 Å². The second-order valence-electron chi connectivity index (χ2n) is 10.6. The quantitative estimate of drug-likeness (QED) is 0.692. The zero-order chi connectivity index (χ0) is 24.1. The number of benzene rings is 1. The zero-order valence-corrected chi connectivity index (χ0v) is 20.9. The molecule has 8 heteroatoms. The molecule has 2 fully saturated rings. The molecule has 0 radical (unpaired) electrons. The summed E-state index contributed by atoms with van der Waals surface area (Å²) < 4.78 is 13.1. The van der Waals surface area contributed by atoms with Crippen LogP contribution in [0, 0.1) is 11.8 Å². The Bertz CT molecular complexity index is 919. The molecule has 0 saturated carbocycles. The minimum atomic E-state index is -0.668. The second kappa shape index (κ2) is 9.08. The standard InChI is InChI=1S/C25H36ClN3O4/c1-13(2)21(28-23(30)14(3)27)24(31)29-10-6-7-20-18(29)12-17-22(32-20)16-11-15(26)8-9-19(16)33-25(17,4)5/h8-9,11,13-14,17-18,20-22H,6-7,10,12,27H2,1-5H3,(H,28,30)/t14-,17-,18-,20-,21-,22+/m0/s1. The lowest BCUT2D eigenvalue weighted by molar-refractivity contribution is -0.194. The van der Waals surface area contributed by atoms with E-state index in [0.29, 0.717) is 11.6 Å². The van der Waals surface area contributed by atoms with Crippen LogP contribution in [0.3, 0.4) is 0 Å². The third-order valence-electron chi connectivity index (χ3n) is 7.37. The summed E-state index contributed by atoms with van der Waals surface area (Å²) in [7, 11) is 0. The Morgan fingerprint density at radius 3 is 2.67 bits per heavy atom. The van der Waals surface area contributed by atoms with Gasteiger partial charge in [0.2, 0.25) is 11.8 Å². The number of carbonyl (C=O) groups is 2. The van der Waals surface area contributed by atoms with E-state index >= 15 is 0 Å².